The Morgan fingerprint density at radius 3 is 2.48 bits per heavy atom. The maximum Gasteiger partial charge on any atom is 0.248 e. The summed E-state index contributed by atoms with van der Waals surface area (Å²) in [5.41, 5.74) is 3.16. The first-order valence-electron chi connectivity index (χ1n) is 7.89. The number of amides is 1. The summed E-state index contributed by atoms with van der Waals surface area (Å²) in [6.07, 6.45) is 2.19. The Morgan fingerprint density at radius 1 is 1.09 bits per heavy atom. The number of hydrogen-bond acceptors (Lipinski definition) is 3. The lowest BCUT2D eigenvalue weighted by atomic mass is 10.1. The molecule has 0 atom stereocenters. The van der Waals surface area contributed by atoms with E-state index in [1.807, 2.05) is 42.2 Å². The van der Waals surface area contributed by atoms with Gasteiger partial charge in [-0.15, -0.1) is 0 Å². The number of aromatic amines is 1. The Bertz CT molecular complexity index is 725. The second-order valence-electron chi connectivity index (χ2n) is 5.88. The fourth-order valence-electron chi connectivity index (χ4n) is 2.90. The molecule has 1 N–H and O–H groups in total. The van der Waals surface area contributed by atoms with Crippen molar-refractivity contribution in [3.05, 3.63) is 64.1 Å². The number of carbonyl (C=O) groups is 1. The fourth-order valence-corrected chi connectivity index (χ4v) is 2.90. The number of nitrogens with zero attached hydrogens (tertiary/aromatic N) is 2. The molecule has 5 nitrogen and oxygen atoms in total. The van der Waals surface area contributed by atoms with Crippen LogP contribution in [0.25, 0.3) is 0 Å². The maximum atomic E-state index is 12.5. The van der Waals surface area contributed by atoms with Gasteiger partial charge in [0, 0.05) is 38.4 Å². The van der Waals surface area contributed by atoms with Crippen molar-refractivity contribution in [3.63, 3.8) is 0 Å². The van der Waals surface area contributed by atoms with Crippen LogP contribution in [-0.2, 0) is 11.2 Å². The van der Waals surface area contributed by atoms with Crippen LogP contribution in [0.1, 0.15) is 11.1 Å². The van der Waals surface area contributed by atoms with Crippen molar-refractivity contribution in [2.45, 2.75) is 13.3 Å². The van der Waals surface area contributed by atoms with Crippen molar-refractivity contribution in [2.75, 3.05) is 31.1 Å². The van der Waals surface area contributed by atoms with Crippen LogP contribution in [0.5, 0.6) is 0 Å². The Kier molecular flexibility index (Phi) is 4.46. The smallest absolute Gasteiger partial charge is 0.248 e. The predicted molar refractivity (Wildman–Crippen MR) is 90.7 cm³/mol. The summed E-state index contributed by atoms with van der Waals surface area (Å²) in [5, 5.41) is 0. The van der Waals surface area contributed by atoms with Crippen molar-refractivity contribution in [2.24, 2.45) is 0 Å². The van der Waals surface area contributed by atoms with Gasteiger partial charge in [-0.05, 0) is 24.1 Å². The monoisotopic (exact) mass is 311 g/mol. The van der Waals surface area contributed by atoms with E-state index in [2.05, 4.69) is 9.88 Å². The number of carbonyl (C=O) groups excluding carboxylic acids is 1. The highest BCUT2D eigenvalue weighted by atomic mass is 16.2. The minimum absolute atomic E-state index is 0.0965. The molecule has 0 aliphatic carbocycles. The number of piperazine rings is 1. The summed E-state index contributed by atoms with van der Waals surface area (Å²) in [6.45, 7) is 5.03. The number of H-pyrrole nitrogens is 1. The molecule has 1 fully saturated rings. The molecule has 1 aromatic carbocycles. The first-order chi connectivity index (χ1) is 11.1. The third-order valence-electron chi connectivity index (χ3n) is 4.37. The standard InChI is InChI=1S/C18H21N3O2/c1-14-4-2-3-5-15(14)12-18(23)21-10-8-20(9-11-21)16-6-7-17(22)19-13-16/h2-7,13H,8-12H2,1H3,(H,19,22). The highest BCUT2D eigenvalue weighted by Crippen LogP contribution is 2.15. The van der Waals surface area contributed by atoms with Crippen LogP contribution in [0, 0.1) is 6.92 Å². The van der Waals surface area contributed by atoms with Crippen molar-refractivity contribution in [1.82, 2.24) is 9.88 Å². The number of pyridine rings is 1. The zero-order valence-corrected chi connectivity index (χ0v) is 13.3. The first kappa shape index (κ1) is 15.3. The molecule has 0 radical (unpaired) electrons. The second-order valence-corrected chi connectivity index (χ2v) is 5.88. The van der Waals surface area contributed by atoms with Gasteiger partial charge in [-0.2, -0.15) is 0 Å². The summed E-state index contributed by atoms with van der Waals surface area (Å²) in [7, 11) is 0. The van der Waals surface area contributed by atoms with E-state index in [0.717, 1.165) is 29.9 Å². The largest absolute Gasteiger partial charge is 0.367 e. The lowest BCUT2D eigenvalue weighted by Gasteiger charge is -2.36. The molecule has 1 aliphatic heterocycles. The van der Waals surface area contributed by atoms with Gasteiger partial charge in [0.25, 0.3) is 0 Å². The van der Waals surface area contributed by atoms with Crippen LogP contribution in [0.4, 0.5) is 5.69 Å². The molecule has 1 aliphatic rings. The van der Waals surface area contributed by atoms with Gasteiger partial charge in [-0.25, -0.2) is 0 Å². The molecule has 23 heavy (non-hydrogen) atoms. The lowest BCUT2D eigenvalue weighted by Crippen LogP contribution is -2.49. The highest BCUT2D eigenvalue weighted by molar-refractivity contribution is 5.79. The van der Waals surface area contributed by atoms with Gasteiger partial charge in [0.2, 0.25) is 11.5 Å². The summed E-state index contributed by atoms with van der Waals surface area (Å²) in [6, 6.07) is 11.4. The van der Waals surface area contributed by atoms with E-state index in [9.17, 15) is 9.59 Å². The van der Waals surface area contributed by atoms with E-state index in [0.29, 0.717) is 19.5 Å². The van der Waals surface area contributed by atoms with Crippen LogP contribution in [0.15, 0.2) is 47.4 Å². The third-order valence-corrected chi connectivity index (χ3v) is 4.37. The van der Waals surface area contributed by atoms with Crippen molar-refractivity contribution in [1.29, 1.82) is 0 Å². The molecular formula is C18H21N3O2. The molecule has 2 aromatic rings. The van der Waals surface area contributed by atoms with Gasteiger partial charge in [0.1, 0.15) is 0 Å². The summed E-state index contributed by atoms with van der Waals surface area (Å²) in [4.78, 5) is 30.4. The van der Waals surface area contributed by atoms with Gasteiger partial charge >= 0.3 is 0 Å². The molecule has 5 heteroatoms. The Labute approximate surface area is 135 Å². The molecule has 120 valence electrons. The SMILES string of the molecule is Cc1ccccc1CC(=O)N1CCN(c2ccc(=O)[nH]c2)CC1. The van der Waals surface area contributed by atoms with Gasteiger partial charge in [-0.3, -0.25) is 9.59 Å². The van der Waals surface area contributed by atoms with Gasteiger partial charge in [0.15, 0.2) is 0 Å². The molecule has 0 saturated carbocycles. The van der Waals surface area contributed by atoms with Crippen molar-refractivity contribution < 1.29 is 4.79 Å². The van der Waals surface area contributed by atoms with Crippen LogP contribution in [0.3, 0.4) is 0 Å². The average molecular weight is 311 g/mol. The van der Waals surface area contributed by atoms with Crippen molar-refractivity contribution in [3.8, 4) is 0 Å². The number of aromatic nitrogens is 1. The first-order valence-corrected chi connectivity index (χ1v) is 7.89. The van der Waals surface area contributed by atoms with Gasteiger partial charge < -0.3 is 14.8 Å². The number of nitrogens with one attached hydrogen (secondary N) is 1. The third kappa shape index (κ3) is 3.62. The molecular weight excluding hydrogens is 290 g/mol. The number of benzene rings is 1. The second kappa shape index (κ2) is 6.69. The average Bonchev–Trinajstić information content (AvgIpc) is 2.58. The molecule has 0 unspecified atom stereocenters. The summed E-state index contributed by atoms with van der Waals surface area (Å²) < 4.78 is 0. The zero-order valence-electron chi connectivity index (χ0n) is 13.3. The van der Waals surface area contributed by atoms with Gasteiger partial charge in [0.05, 0.1) is 12.1 Å². The molecule has 3 rings (SSSR count). The fraction of sp³-hybridized carbons (Fsp3) is 0.333. The summed E-state index contributed by atoms with van der Waals surface area (Å²) >= 11 is 0. The lowest BCUT2D eigenvalue weighted by molar-refractivity contribution is -0.130. The van der Waals surface area contributed by atoms with Crippen LogP contribution >= 0.6 is 0 Å². The molecule has 1 amide bonds. The molecule has 0 spiro atoms. The minimum Gasteiger partial charge on any atom is -0.367 e. The number of anilines is 1. The van der Waals surface area contributed by atoms with E-state index < -0.39 is 0 Å². The zero-order chi connectivity index (χ0) is 16.2. The quantitative estimate of drug-likeness (QED) is 0.936. The van der Waals surface area contributed by atoms with Gasteiger partial charge in [-0.1, -0.05) is 24.3 Å². The van der Waals surface area contributed by atoms with Crippen LogP contribution < -0.4 is 10.5 Å². The highest BCUT2D eigenvalue weighted by Gasteiger charge is 2.21. The molecule has 2 heterocycles. The van der Waals surface area contributed by atoms with E-state index in [-0.39, 0.29) is 11.5 Å². The Balaban J connectivity index is 1.58. The molecule has 1 saturated heterocycles. The number of hydrogen-bond donors (Lipinski definition) is 1. The topological polar surface area (TPSA) is 56.4 Å². The normalized spacial score (nSPS) is 14.8. The predicted octanol–water partition coefficient (Wildman–Crippen LogP) is 1.57. The number of aryl methyl sites for hydroxylation is 1. The molecule has 0 bridgehead atoms. The van der Waals surface area contributed by atoms with E-state index in [4.69, 9.17) is 0 Å². The Hall–Kier alpha value is -2.56. The minimum atomic E-state index is -0.0965. The van der Waals surface area contributed by atoms with E-state index >= 15 is 0 Å². The number of rotatable bonds is 3. The maximum absolute atomic E-state index is 12.5. The van der Waals surface area contributed by atoms with Crippen LogP contribution in [-0.4, -0.2) is 42.0 Å². The summed E-state index contributed by atoms with van der Waals surface area (Å²) in [5.74, 6) is 0.181. The van der Waals surface area contributed by atoms with Crippen molar-refractivity contribution >= 4 is 11.6 Å². The van der Waals surface area contributed by atoms with E-state index in [1.54, 1.807) is 6.20 Å². The van der Waals surface area contributed by atoms with E-state index in [1.165, 1.54) is 6.07 Å². The van der Waals surface area contributed by atoms with Crippen LogP contribution in [0.2, 0.25) is 0 Å². The Morgan fingerprint density at radius 2 is 1.83 bits per heavy atom. The molecule has 1 aromatic heterocycles.